The first-order valence-electron chi connectivity index (χ1n) is 8.08. The number of hydrogen-bond donors (Lipinski definition) is 3. The molecule has 6 nitrogen and oxygen atoms in total. The summed E-state index contributed by atoms with van der Waals surface area (Å²) in [7, 11) is 0. The highest BCUT2D eigenvalue weighted by atomic mass is 16.2. The Morgan fingerprint density at radius 1 is 1.17 bits per heavy atom. The van der Waals surface area contributed by atoms with Gasteiger partial charge in [-0.15, -0.1) is 0 Å². The fourth-order valence-corrected chi connectivity index (χ4v) is 2.24. The van der Waals surface area contributed by atoms with Crippen LogP contribution >= 0.6 is 0 Å². The number of aryl methyl sites for hydroxylation is 1. The molecule has 6 heteroatoms. The van der Waals surface area contributed by atoms with Gasteiger partial charge in [-0.05, 0) is 25.3 Å². The van der Waals surface area contributed by atoms with Gasteiger partial charge in [0.15, 0.2) is 5.82 Å². The lowest BCUT2D eigenvalue weighted by Gasteiger charge is -2.13. The topological polar surface area (TPSA) is 86.9 Å². The highest BCUT2D eigenvalue weighted by Gasteiger charge is 2.17. The molecule has 2 aromatic rings. The molecule has 0 radical (unpaired) electrons. The van der Waals surface area contributed by atoms with Crippen molar-refractivity contribution in [1.29, 1.82) is 0 Å². The van der Waals surface area contributed by atoms with Crippen LogP contribution in [0.2, 0.25) is 0 Å². The molecule has 0 bridgehead atoms. The van der Waals surface area contributed by atoms with Crippen molar-refractivity contribution in [3.8, 4) is 11.3 Å². The van der Waals surface area contributed by atoms with E-state index in [2.05, 4.69) is 20.8 Å². The molecular weight excluding hydrogens is 304 g/mol. The van der Waals surface area contributed by atoms with Gasteiger partial charge in [-0.1, -0.05) is 43.7 Å². The van der Waals surface area contributed by atoms with Gasteiger partial charge in [-0.25, -0.2) is 0 Å². The average Bonchev–Trinajstić information content (AvgIpc) is 2.95. The summed E-state index contributed by atoms with van der Waals surface area (Å²) in [6.07, 6.45) is 0.400. The third kappa shape index (κ3) is 4.94. The summed E-state index contributed by atoms with van der Waals surface area (Å²) in [5, 5.41) is 12.4. The van der Waals surface area contributed by atoms with Crippen LogP contribution in [0.4, 0.5) is 5.82 Å². The zero-order valence-corrected chi connectivity index (χ0v) is 14.5. The van der Waals surface area contributed by atoms with Gasteiger partial charge < -0.3 is 10.6 Å². The Balaban J connectivity index is 1.95. The molecule has 1 heterocycles. The molecule has 1 unspecified atom stereocenters. The van der Waals surface area contributed by atoms with Gasteiger partial charge in [0.1, 0.15) is 6.04 Å². The number of carbonyl (C=O) groups excluding carboxylic acids is 2. The van der Waals surface area contributed by atoms with E-state index in [1.165, 1.54) is 5.56 Å². The summed E-state index contributed by atoms with van der Waals surface area (Å²) in [4.78, 5) is 23.9. The van der Waals surface area contributed by atoms with Crippen LogP contribution in [-0.4, -0.2) is 28.1 Å². The summed E-state index contributed by atoms with van der Waals surface area (Å²) in [5.74, 6) is 0.258. The molecule has 0 spiro atoms. The number of anilines is 1. The molecule has 128 valence electrons. The predicted octanol–water partition coefficient (Wildman–Crippen LogP) is 2.87. The van der Waals surface area contributed by atoms with Gasteiger partial charge >= 0.3 is 0 Å². The molecule has 0 saturated heterocycles. The second-order valence-electron chi connectivity index (χ2n) is 6.41. The SMILES string of the molecule is Cc1ccc(-c2cc(NC(=O)C(C)NC(=O)CC(C)C)n[nH]2)cc1. The number of nitrogens with one attached hydrogen (secondary N) is 3. The van der Waals surface area contributed by atoms with Crippen LogP contribution < -0.4 is 10.6 Å². The maximum Gasteiger partial charge on any atom is 0.247 e. The van der Waals surface area contributed by atoms with E-state index in [0.717, 1.165) is 11.3 Å². The number of benzene rings is 1. The molecule has 0 saturated carbocycles. The number of aromatic amines is 1. The lowest BCUT2D eigenvalue weighted by Crippen LogP contribution is -2.42. The molecule has 0 aliphatic heterocycles. The molecule has 1 aromatic heterocycles. The molecule has 0 aliphatic carbocycles. The van der Waals surface area contributed by atoms with E-state index >= 15 is 0 Å². The van der Waals surface area contributed by atoms with Crippen molar-refractivity contribution >= 4 is 17.6 Å². The first kappa shape index (κ1) is 17.7. The van der Waals surface area contributed by atoms with Gasteiger partial charge in [0.25, 0.3) is 0 Å². The highest BCUT2D eigenvalue weighted by molar-refractivity contribution is 5.96. The summed E-state index contributed by atoms with van der Waals surface area (Å²) < 4.78 is 0. The molecule has 1 aromatic carbocycles. The number of carbonyl (C=O) groups is 2. The largest absolute Gasteiger partial charge is 0.345 e. The minimum Gasteiger partial charge on any atom is -0.345 e. The first-order chi connectivity index (χ1) is 11.3. The Hall–Kier alpha value is -2.63. The van der Waals surface area contributed by atoms with E-state index in [4.69, 9.17) is 0 Å². The average molecular weight is 328 g/mol. The Bertz CT molecular complexity index is 704. The van der Waals surface area contributed by atoms with E-state index in [1.807, 2.05) is 45.0 Å². The van der Waals surface area contributed by atoms with E-state index in [-0.39, 0.29) is 17.7 Å². The summed E-state index contributed by atoms with van der Waals surface area (Å²) in [5.41, 5.74) is 2.99. The van der Waals surface area contributed by atoms with Gasteiger partial charge in [0.2, 0.25) is 11.8 Å². The number of hydrogen-bond acceptors (Lipinski definition) is 3. The van der Waals surface area contributed by atoms with Crippen LogP contribution in [0.5, 0.6) is 0 Å². The molecule has 1 atom stereocenters. The number of H-pyrrole nitrogens is 1. The van der Waals surface area contributed by atoms with E-state index in [1.54, 1.807) is 13.0 Å². The number of rotatable bonds is 6. The van der Waals surface area contributed by atoms with E-state index in [9.17, 15) is 9.59 Å². The molecule has 0 fully saturated rings. The van der Waals surface area contributed by atoms with Crippen molar-refractivity contribution < 1.29 is 9.59 Å². The summed E-state index contributed by atoms with van der Waals surface area (Å²) in [6.45, 7) is 7.60. The Labute approximate surface area is 142 Å². The number of nitrogens with zero attached hydrogens (tertiary/aromatic N) is 1. The van der Waals surface area contributed by atoms with Crippen LogP contribution in [0.1, 0.15) is 32.8 Å². The third-order valence-electron chi connectivity index (χ3n) is 3.56. The fourth-order valence-electron chi connectivity index (χ4n) is 2.24. The lowest BCUT2D eigenvalue weighted by atomic mass is 10.1. The molecule has 0 aliphatic rings. The van der Waals surface area contributed by atoms with Crippen LogP contribution in [0.25, 0.3) is 11.3 Å². The van der Waals surface area contributed by atoms with Crippen molar-refractivity contribution in [2.75, 3.05) is 5.32 Å². The van der Waals surface area contributed by atoms with Crippen LogP contribution in [0.3, 0.4) is 0 Å². The van der Waals surface area contributed by atoms with Crippen LogP contribution in [-0.2, 0) is 9.59 Å². The van der Waals surface area contributed by atoms with Gasteiger partial charge in [0, 0.05) is 12.5 Å². The smallest absolute Gasteiger partial charge is 0.247 e. The number of aromatic nitrogens is 2. The van der Waals surface area contributed by atoms with Crippen molar-refractivity contribution in [3.05, 3.63) is 35.9 Å². The van der Waals surface area contributed by atoms with Crippen molar-refractivity contribution in [3.63, 3.8) is 0 Å². The first-order valence-corrected chi connectivity index (χ1v) is 8.08. The zero-order chi connectivity index (χ0) is 17.7. The van der Waals surface area contributed by atoms with Gasteiger partial charge in [-0.3, -0.25) is 14.7 Å². The monoisotopic (exact) mass is 328 g/mol. The Morgan fingerprint density at radius 2 is 1.83 bits per heavy atom. The molecule has 2 amide bonds. The Morgan fingerprint density at radius 3 is 2.46 bits per heavy atom. The predicted molar refractivity (Wildman–Crippen MR) is 94.5 cm³/mol. The molecule has 2 rings (SSSR count). The van der Waals surface area contributed by atoms with Crippen molar-refractivity contribution in [2.24, 2.45) is 5.92 Å². The minimum atomic E-state index is -0.615. The van der Waals surface area contributed by atoms with E-state index in [0.29, 0.717) is 12.2 Å². The standard InChI is InChI=1S/C18H24N4O2/c1-11(2)9-17(23)19-13(4)18(24)20-16-10-15(21-22-16)14-7-5-12(3)6-8-14/h5-8,10-11,13H,9H2,1-4H3,(H,19,23)(H2,20,21,22,24). The summed E-state index contributed by atoms with van der Waals surface area (Å²) in [6, 6.07) is 9.16. The van der Waals surface area contributed by atoms with Gasteiger partial charge in [-0.2, -0.15) is 5.10 Å². The summed E-state index contributed by atoms with van der Waals surface area (Å²) >= 11 is 0. The molecule has 3 N–H and O–H groups in total. The maximum absolute atomic E-state index is 12.1. The lowest BCUT2D eigenvalue weighted by molar-refractivity contribution is -0.126. The third-order valence-corrected chi connectivity index (χ3v) is 3.56. The van der Waals surface area contributed by atoms with Crippen molar-refractivity contribution in [2.45, 2.75) is 40.2 Å². The van der Waals surface area contributed by atoms with Crippen LogP contribution in [0, 0.1) is 12.8 Å². The zero-order valence-electron chi connectivity index (χ0n) is 14.5. The minimum absolute atomic E-state index is 0.130. The highest BCUT2D eigenvalue weighted by Crippen LogP contribution is 2.20. The quantitative estimate of drug-likeness (QED) is 0.762. The Kier molecular flexibility index (Phi) is 5.73. The molecular formula is C18H24N4O2. The van der Waals surface area contributed by atoms with Gasteiger partial charge in [0.05, 0.1) is 5.69 Å². The second-order valence-corrected chi connectivity index (χ2v) is 6.41. The maximum atomic E-state index is 12.1. The second kappa shape index (κ2) is 7.77. The van der Waals surface area contributed by atoms with E-state index < -0.39 is 6.04 Å². The normalized spacial score (nSPS) is 12.0. The van der Waals surface area contributed by atoms with Crippen molar-refractivity contribution in [1.82, 2.24) is 15.5 Å². The molecule has 24 heavy (non-hydrogen) atoms. The van der Waals surface area contributed by atoms with Crippen LogP contribution in [0.15, 0.2) is 30.3 Å². The fraction of sp³-hybridized carbons (Fsp3) is 0.389. The number of amides is 2.